The molecule has 0 aromatic heterocycles. The van der Waals surface area contributed by atoms with Gasteiger partial charge in [-0.25, -0.2) is 0 Å². The Morgan fingerprint density at radius 2 is 1.88 bits per heavy atom. The Labute approximate surface area is 107 Å². The molecule has 102 valence electrons. The van der Waals surface area contributed by atoms with E-state index in [9.17, 15) is 0 Å². The Balaban J connectivity index is 2.38. The number of hydrogen-bond donors (Lipinski definition) is 2. The van der Waals surface area contributed by atoms with E-state index < -0.39 is 0 Å². The lowest BCUT2D eigenvalue weighted by atomic mass is 9.73. The van der Waals surface area contributed by atoms with Gasteiger partial charge in [0, 0.05) is 25.2 Å². The van der Waals surface area contributed by atoms with E-state index in [2.05, 4.69) is 38.2 Å². The zero-order valence-electron chi connectivity index (χ0n) is 12.1. The van der Waals surface area contributed by atoms with Gasteiger partial charge in [0.25, 0.3) is 0 Å². The molecular weight excluding hydrogens is 210 g/mol. The van der Waals surface area contributed by atoms with Crippen molar-refractivity contribution >= 4 is 0 Å². The normalized spacial score (nSPS) is 30.2. The summed E-state index contributed by atoms with van der Waals surface area (Å²) in [6.45, 7) is 7.62. The van der Waals surface area contributed by atoms with Crippen molar-refractivity contribution in [2.75, 3.05) is 33.7 Å². The fraction of sp³-hybridized carbons (Fsp3) is 1.00. The van der Waals surface area contributed by atoms with E-state index in [1.54, 1.807) is 0 Å². The second-order valence-electron chi connectivity index (χ2n) is 6.30. The first-order valence-corrected chi connectivity index (χ1v) is 7.09. The van der Waals surface area contributed by atoms with Crippen LogP contribution in [0.4, 0.5) is 0 Å². The molecule has 0 atom stereocenters. The number of nitrogens with two attached hydrogens (primary N) is 1. The Hall–Kier alpha value is -0.120. The fourth-order valence-electron chi connectivity index (χ4n) is 2.86. The zero-order chi connectivity index (χ0) is 12.9. The van der Waals surface area contributed by atoms with Crippen LogP contribution in [0.25, 0.3) is 0 Å². The highest BCUT2D eigenvalue weighted by atomic mass is 15.1. The lowest BCUT2D eigenvalue weighted by Crippen LogP contribution is -2.55. The first-order valence-electron chi connectivity index (χ1n) is 7.09. The van der Waals surface area contributed by atoms with Crippen molar-refractivity contribution < 1.29 is 0 Å². The predicted octanol–water partition coefficient (Wildman–Crippen LogP) is 1.68. The summed E-state index contributed by atoms with van der Waals surface area (Å²) in [6.07, 6.45) is 5.17. The number of nitrogens with zero attached hydrogens (tertiary/aromatic N) is 1. The molecule has 1 saturated carbocycles. The lowest BCUT2D eigenvalue weighted by molar-refractivity contribution is 0.163. The molecule has 0 radical (unpaired) electrons. The van der Waals surface area contributed by atoms with Crippen molar-refractivity contribution in [1.82, 2.24) is 10.2 Å². The SMILES string of the molecule is CC(C)C1CCC(CN)(NCCN(C)C)CC1. The molecule has 1 aliphatic rings. The van der Waals surface area contributed by atoms with Crippen molar-refractivity contribution in [3.63, 3.8) is 0 Å². The molecule has 1 aliphatic carbocycles. The van der Waals surface area contributed by atoms with Gasteiger partial charge >= 0.3 is 0 Å². The van der Waals surface area contributed by atoms with E-state index >= 15 is 0 Å². The second-order valence-corrected chi connectivity index (χ2v) is 6.30. The van der Waals surface area contributed by atoms with Crippen LogP contribution in [0.1, 0.15) is 39.5 Å². The summed E-state index contributed by atoms with van der Waals surface area (Å²) in [5.41, 5.74) is 6.22. The first-order chi connectivity index (χ1) is 7.99. The molecule has 0 amide bonds. The highest BCUT2D eigenvalue weighted by Crippen LogP contribution is 2.35. The topological polar surface area (TPSA) is 41.3 Å². The average molecular weight is 241 g/mol. The van der Waals surface area contributed by atoms with Gasteiger partial charge in [-0.1, -0.05) is 13.8 Å². The fourth-order valence-corrected chi connectivity index (χ4v) is 2.86. The van der Waals surface area contributed by atoms with E-state index in [1.165, 1.54) is 25.7 Å². The minimum absolute atomic E-state index is 0.224. The van der Waals surface area contributed by atoms with Crippen molar-refractivity contribution in [3.8, 4) is 0 Å². The third kappa shape index (κ3) is 4.57. The summed E-state index contributed by atoms with van der Waals surface area (Å²) in [7, 11) is 4.24. The second kappa shape index (κ2) is 6.72. The molecule has 3 nitrogen and oxygen atoms in total. The Morgan fingerprint density at radius 3 is 2.29 bits per heavy atom. The molecule has 17 heavy (non-hydrogen) atoms. The molecule has 0 heterocycles. The van der Waals surface area contributed by atoms with E-state index in [0.717, 1.165) is 31.5 Å². The monoisotopic (exact) mass is 241 g/mol. The van der Waals surface area contributed by atoms with Crippen LogP contribution in [0.3, 0.4) is 0 Å². The lowest BCUT2D eigenvalue weighted by Gasteiger charge is -2.41. The third-order valence-corrected chi connectivity index (χ3v) is 4.38. The third-order valence-electron chi connectivity index (χ3n) is 4.38. The summed E-state index contributed by atoms with van der Waals surface area (Å²) in [5, 5.41) is 3.71. The Morgan fingerprint density at radius 1 is 1.29 bits per heavy atom. The minimum Gasteiger partial charge on any atom is -0.329 e. The van der Waals surface area contributed by atoms with Gasteiger partial charge in [0.05, 0.1) is 0 Å². The highest BCUT2D eigenvalue weighted by molar-refractivity contribution is 4.94. The van der Waals surface area contributed by atoms with Gasteiger partial charge in [-0.2, -0.15) is 0 Å². The van der Waals surface area contributed by atoms with Gasteiger partial charge in [-0.15, -0.1) is 0 Å². The van der Waals surface area contributed by atoms with Gasteiger partial charge in [-0.05, 0) is 51.6 Å². The van der Waals surface area contributed by atoms with Gasteiger partial charge in [0.1, 0.15) is 0 Å². The maximum absolute atomic E-state index is 6.00. The molecule has 0 aromatic carbocycles. The molecule has 0 unspecified atom stereocenters. The van der Waals surface area contributed by atoms with Crippen LogP contribution in [-0.4, -0.2) is 44.2 Å². The summed E-state index contributed by atoms with van der Waals surface area (Å²) in [5.74, 6) is 1.73. The molecule has 3 heteroatoms. The Kier molecular flexibility index (Phi) is 5.90. The molecule has 1 rings (SSSR count). The van der Waals surface area contributed by atoms with Crippen molar-refractivity contribution in [2.24, 2.45) is 17.6 Å². The number of likely N-dealkylation sites (N-methyl/N-ethyl adjacent to an activating group) is 1. The predicted molar refractivity (Wildman–Crippen MR) is 75.1 cm³/mol. The molecular formula is C14H31N3. The van der Waals surface area contributed by atoms with Crippen molar-refractivity contribution in [2.45, 2.75) is 45.1 Å². The number of nitrogens with one attached hydrogen (secondary N) is 1. The van der Waals surface area contributed by atoms with Crippen molar-refractivity contribution in [1.29, 1.82) is 0 Å². The molecule has 0 aliphatic heterocycles. The molecule has 1 fully saturated rings. The first kappa shape index (κ1) is 14.9. The Bertz CT molecular complexity index is 200. The van der Waals surface area contributed by atoms with Gasteiger partial charge < -0.3 is 16.0 Å². The quantitative estimate of drug-likeness (QED) is 0.743. The highest BCUT2D eigenvalue weighted by Gasteiger charge is 2.34. The van der Waals surface area contributed by atoms with E-state index in [4.69, 9.17) is 5.73 Å². The van der Waals surface area contributed by atoms with E-state index in [-0.39, 0.29) is 5.54 Å². The van der Waals surface area contributed by atoms with Crippen LogP contribution in [0, 0.1) is 11.8 Å². The molecule has 3 N–H and O–H groups in total. The van der Waals surface area contributed by atoms with Crippen LogP contribution in [0.15, 0.2) is 0 Å². The van der Waals surface area contributed by atoms with E-state index in [0.29, 0.717) is 0 Å². The van der Waals surface area contributed by atoms with Crippen molar-refractivity contribution in [3.05, 3.63) is 0 Å². The standard InChI is InChI=1S/C14H31N3/c1-12(2)13-5-7-14(11-15,8-6-13)16-9-10-17(3)4/h12-13,16H,5-11,15H2,1-4H3. The number of rotatable bonds is 6. The van der Waals surface area contributed by atoms with Crippen LogP contribution >= 0.6 is 0 Å². The molecule has 0 bridgehead atoms. The smallest absolute Gasteiger partial charge is 0.0304 e. The molecule has 0 aromatic rings. The van der Waals surface area contributed by atoms with E-state index in [1.807, 2.05) is 0 Å². The van der Waals surface area contributed by atoms with Crippen LogP contribution in [0.2, 0.25) is 0 Å². The van der Waals surface area contributed by atoms with Gasteiger partial charge in [-0.3, -0.25) is 0 Å². The summed E-state index contributed by atoms with van der Waals surface area (Å²) >= 11 is 0. The maximum atomic E-state index is 6.00. The minimum atomic E-state index is 0.224. The summed E-state index contributed by atoms with van der Waals surface area (Å²) < 4.78 is 0. The van der Waals surface area contributed by atoms with Gasteiger partial charge in [0.15, 0.2) is 0 Å². The summed E-state index contributed by atoms with van der Waals surface area (Å²) in [6, 6.07) is 0. The largest absolute Gasteiger partial charge is 0.329 e. The number of hydrogen-bond acceptors (Lipinski definition) is 3. The van der Waals surface area contributed by atoms with Crippen LogP contribution in [0.5, 0.6) is 0 Å². The molecule has 0 spiro atoms. The van der Waals surface area contributed by atoms with Gasteiger partial charge in [0.2, 0.25) is 0 Å². The van der Waals surface area contributed by atoms with Crippen LogP contribution < -0.4 is 11.1 Å². The zero-order valence-corrected chi connectivity index (χ0v) is 12.1. The average Bonchev–Trinajstić information content (AvgIpc) is 2.29. The molecule has 0 saturated heterocycles. The van der Waals surface area contributed by atoms with Crippen LogP contribution in [-0.2, 0) is 0 Å². The summed E-state index contributed by atoms with van der Waals surface area (Å²) in [4.78, 5) is 2.22. The maximum Gasteiger partial charge on any atom is 0.0304 e.